The minimum atomic E-state index is -0.946. The van der Waals surface area contributed by atoms with Gasteiger partial charge in [0, 0.05) is 26.3 Å². The fourth-order valence-corrected chi connectivity index (χ4v) is 3.93. The molecule has 0 saturated carbocycles. The lowest BCUT2D eigenvalue weighted by molar-refractivity contribution is 0.102. The highest BCUT2D eigenvalue weighted by Crippen LogP contribution is 2.30. The molecule has 1 aliphatic carbocycles. The first-order chi connectivity index (χ1) is 12.9. The first kappa shape index (κ1) is 18.3. The fraction of sp³-hybridized carbons (Fsp3) is 0.158. The summed E-state index contributed by atoms with van der Waals surface area (Å²) < 4.78 is 30.0. The summed E-state index contributed by atoms with van der Waals surface area (Å²) in [5.41, 5.74) is 3.03. The highest BCUT2D eigenvalue weighted by molar-refractivity contribution is 9.11. The predicted octanol–water partition coefficient (Wildman–Crippen LogP) is 5.42. The van der Waals surface area contributed by atoms with Gasteiger partial charge in [-0.25, -0.2) is 13.5 Å². The molecule has 0 atom stereocenters. The van der Waals surface area contributed by atoms with E-state index in [-0.39, 0.29) is 5.91 Å². The van der Waals surface area contributed by atoms with E-state index in [9.17, 15) is 13.6 Å². The standard InChI is InChI=1S/C19H13Br2F2N3O/c20-10-4-6-13(21)16(8-10)24-19(27)18-12-2-1-3-17(12)26(25-18)11-5-7-14(22)15(23)9-11/h4-9H,1-3H2,(H,24,27). The SMILES string of the molecule is O=C(Nc1cc(Br)ccc1Br)c1nn(-c2ccc(F)c(F)c2)c2c1CCC2. The molecule has 0 fully saturated rings. The zero-order chi connectivity index (χ0) is 19.1. The van der Waals surface area contributed by atoms with E-state index in [0.717, 1.165) is 51.6 Å². The summed E-state index contributed by atoms with van der Waals surface area (Å²) in [5.74, 6) is -2.20. The van der Waals surface area contributed by atoms with Crippen LogP contribution in [0.3, 0.4) is 0 Å². The van der Waals surface area contributed by atoms with E-state index in [4.69, 9.17) is 0 Å². The van der Waals surface area contributed by atoms with Gasteiger partial charge in [-0.15, -0.1) is 0 Å². The van der Waals surface area contributed by atoms with Crippen molar-refractivity contribution in [3.05, 3.63) is 73.9 Å². The van der Waals surface area contributed by atoms with Crippen LogP contribution in [0.1, 0.15) is 28.2 Å². The Morgan fingerprint density at radius 2 is 1.89 bits per heavy atom. The number of amides is 1. The Morgan fingerprint density at radius 3 is 2.67 bits per heavy atom. The zero-order valence-electron chi connectivity index (χ0n) is 13.9. The van der Waals surface area contributed by atoms with Crippen LogP contribution < -0.4 is 5.32 Å². The molecule has 0 unspecified atom stereocenters. The zero-order valence-corrected chi connectivity index (χ0v) is 17.1. The van der Waals surface area contributed by atoms with Crippen molar-refractivity contribution in [2.75, 3.05) is 5.32 Å². The largest absolute Gasteiger partial charge is 0.319 e. The molecule has 3 aromatic rings. The summed E-state index contributed by atoms with van der Waals surface area (Å²) in [6.07, 6.45) is 2.34. The molecule has 0 saturated heterocycles. The molecular formula is C19H13Br2F2N3O. The Bertz CT molecular complexity index is 1070. The topological polar surface area (TPSA) is 46.9 Å². The van der Waals surface area contributed by atoms with Gasteiger partial charge in [-0.2, -0.15) is 5.10 Å². The van der Waals surface area contributed by atoms with Crippen molar-refractivity contribution in [3.63, 3.8) is 0 Å². The molecule has 0 radical (unpaired) electrons. The average molecular weight is 497 g/mol. The fourth-order valence-electron chi connectivity index (χ4n) is 3.22. The molecule has 1 aliphatic rings. The Morgan fingerprint density at radius 1 is 1.07 bits per heavy atom. The summed E-state index contributed by atoms with van der Waals surface area (Å²) in [6, 6.07) is 9.07. The molecule has 1 N–H and O–H groups in total. The lowest BCUT2D eigenvalue weighted by atomic mass is 10.2. The number of benzene rings is 2. The number of hydrogen-bond donors (Lipinski definition) is 1. The number of aromatic nitrogens is 2. The smallest absolute Gasteiger partial charge is 0.276 e. The minimum absolute atomic E-state index is 0.305. The first-order valence-electron chi connectivity index (χ1n) is 8.26. The minimum Gasteiger partial charge on any atom is -0.319 e. The summed E-state index contributed by atoms with van der Waals surface area (Å²) in [4.78, 5) is 12.8. The van der Waals surface area contributed by atoms with Crippen LogP contribution in [-0.4, -0.2) is 15.7 Å². The molecule has 27 heavy (non-hydrogen) atoms. The van der Waals surface area contributed by atoms with Crippen molar-refractivity contribution in [2.45, 2.75) is 19.3 Å². The van der Waals surface area contributed by atoms with Crippen molar-refractivity contribution in [2.24, 2.45) is 0 Å². The normalized spacial score (nSPS) is 12.9. The predicted molar refractivity (Wildman–Crippen MR) is 105 cm³/mol. The van der Waals surface area contributed by atoms with Crippen molar-refractivity contribution in [1.82, 2.24) is 9.78 Å². The van der Waals surface area contributed by atoms with Gasteiger partial charge in [0.15, 0.2) is 17.3 Å². The molecule has 1 amide bonds. The summed E-state index contributed by atoms with van der Waals surface area (Å²) >= 11 is 6.79. The lowest BCUT2D eigenvalue weighted by Gasteiger charge is -2.08. The number of carbonyl (C=O) groups is 1. The Balaban J connectivity index is 1.72. The third kappa shape index (κ3) is 3.43. The molecule has 2 aromatic carbocycles. The number of fused-ring (bicyclic) bond motifs is 1. The first-order valence-corrected chi connectivity index (χ1v) is 9.85. The molecule has 1 aromatic heterocycles. The van der Waals surface area contributed by atoms with Crippen molar-refractivity contribution in [1.29, 1.82) is 0 Å². The number of hydrogen-bond acceptors (Lipinski definition) is 2. The van der Waals surface area contributed by atoms with Gasteiger partial charge in [0.1, 0.15) is 0 Å². The highest BCUT2D eigenvalue weighted by Gasteiger charge is 2.27. The van der Waals surface area contributed by atoms with Crippen LogP contribution in [0.4, 0.5) is 14.5 Å². The monoisotopic (exact) mass is 495 g/mol. The van der Waals surface area contributed by atoms with Gasteiger partial charge < -0.3 is 5.32 Å². The second-order valence-electron chi connectivity index (χ2n) is 6.22. The lowest BCUT2D eigenvalue weighted by Crippen LogP contribution is -2.15. The molecule has 1 heterocycles. The van der Waals surface area contributed by atoms with Crippen molar-refractivity contribution in [3.8, 4) is 5.69 Å². The van der Waals surface area contributed by atoms with E-state index in [0.29, 0.717) is 17.1 Å². The van der Waals surface area contributed by atoms with Gasteiger partial charge in [-0.1, -0.05) is 15.9 Å². The van der Waals surface area contributed by atoms with Crippen molar-refractivity contribution < 1.29 is 13.6 Å². The van der Waals surface area contributed by atoms with E-state index in [1.54, 1.807) is 6.07 Å². The molecule has 8 heteroatoms. The van der Waals surface area contributed by atoms with Crippen LogP contribution in [0.2, 0.25) is 0 Å². The highest BCUT2D eigenvalue weighted by atomic mass is 79.9. The second-order valence-corrected chi connectivity index (χ2v) is 7.99. The molecule has 138 valence electrons. The third-order valence-electron chi connectivity index (χ3n) is 4.47. The summed E-state index contributed by atoms with van der Waals surface area (Å²) in [7, 11) is 0. The number of carbonyl (C=O) groups excluding carboxylic acids is 1. The summed E-state index contributed by atoms with van der Waals surface area (Å²) in [6.45, 7) is 0. The number of nitrogens with one attached hydrogen (secondary N) is 1. The van der Waals surface area contributed by atoms with E-state index in [1.807, 2.05) is 12.1 Å². The number of anilines is 1. The molecule has 4 nitrogen and oxygen atoms in total. The van der Waals surface area contributed by atoms with Gasteiger partial charge in [0.2, 0.25) is 0 Å². The van der Waals surface area contributed by atoms with Gasteiger partial charge in [0.05, 0.1) is 11.4 Å². The van der Waals surface area contributed by atoms with E-state index in [1.165, 1.54) is 10.7 Å². The number of nitrogens with zero attached hydrogens (tertiary/aromatic N) is 2. The average Bonchev–Trinajstić information content (AvgIpc) is 3.23. The van der Waals surface area contributed by atoms with E-state index >= 15 is 0 Å². The maximum Gasteiger partial charge on any atom is 0.276 e. The van der Waals surface area contributed by atoms with Gasteiger partial charge >= 0.3 is 0 Å². The molecule has 0 spiro atoms. The van der Waals surface area contributed by atoms with Crippen LogP contribution >= 0.6 is 31.9 Å². The van der Waals surface area contributed by atoms with Crippen LogP contribution in [0.25, 0.3) is 5.69 Å². The maximum absolute atomic E-state index is 13.6. The van der Waals surface area contributed by atoms with Crippen LogP contribution in [0.15, 0.2) is 45.3 Å². The Hall–Kier alpha value is -2.06. The van der Waals surface area contributed by atoms with E-state index in [2.05, 4.69) is 42.3 Å². The Labute approximate surface area is 170 Å². The van der Waals surface area contributed by atoms with Crippen molar-refractivity contribution >= 4 is 43.5 Å². The quantitative estimate of drug-likeness (QED) is 0.526. The van der Waals surface area contributed by atoms with Gasteiger partial charge in [-0.3, -0.25) is 4.79 Å². The summed E-state index contributed by atoms with van der Waals surface area (Å²) in [5, 5.41) is 7.27. The second kappa shape index (κ2) is 7.16. The van der Waals surface area contributed by atoms with E-state index < -0.39 is 11.6 Å². The number of halogens is 4. The van der Waals surface area contributed by atoms with Crippen LogP contribution in [0.5, 0.6) is 0 Å². The van der Waals surface area contributed by atoms with Crippen LogP contribution in [0, 0.1) is 11.6 Å². The van der Waals surface area contributed by atoms with Gasteiger partial charge in [0.25, 0.3) is 5.91 Å². The molecule has 0 bridgehead atoms. The van der Waals surface area contributed by atoms with Gasteiger partial charge in [-0.05, 0) is 65.5 Å². The van der Waals surface area contributed by atoms with Crippen LogP contribution in [-0.2, 0) is 12.8 Å². The Kier molecular flexibility index (Phi) is 4.86. The molecular weight excluding hydrogens is 484 g/mol. The molecule has 4 rings (SSSR count). The molecule has 0 aliphatic heterocycles. The maximum atomic E-state index is 13.6. The third-order valence-corrected chi connectivity index (χ3v) is 5.65. The number of rotatable bonds is 3.